The summed E-state index contributed by atoms with van der Waals surface area (Å²) in [4.78, 5) is 20.5. The van der Waals surface area contributed by atoms with E-state index in [9.17, 15) is 9.59 Å². The van der Waals surface area contributed by atoms with E-state index in [-0.39, 0.29) is 12.5 Å². The van der Waals surface area contributed by atoms with Crippen LogP contribution in [0.4, 0.5) is 0 Å². The number of carboxylic acids is 1. The first-order chi connectivity index (χ1) is 7.56. The molecule has 16 heavy (non-hydrogen) atoms. The Morgan fingerprint density at radius 3 is 2.69 bits per heavy atom. The normalized spacial score (nSPS) is 11.8. The number of rotatable bonds is 10. The van der Waals surface area contributed by atoms with Crippen molar-refractivity contribution in [2.45, 2.75) is 38.1 Å². The number of aldehydes is 1. The molecule has 1 unspecified atom stereocenters. The van der Waals surface area contributed by atoms with E-state index in [1.807, 2.05) is 0 Å². The Labute approximate surface area is 95.7 Å². The largest absolute Gasteiger partial charge is 0.481 e. The summed E-state index contributed by atoms with van der Waals surface area (Å²) < 4.78 is 0. The number of nitrogens with one attached hydrogen (secondary N) is 1. The smallest absolute Gasteiger partial charge is 0.303 e. The van der Waals surface area contributed by atoms with Gasteiger partial charge in [0.25, 0.3) is 0 Å². The molecule has 0 aliphatic heterocycles. The van der Waals surface area contributed by atoms with Crippen LogP contribution in [0.1, 0.15) is 32.1 Å². The van der Waals surface area contributed by atoms with Gasteiger partial charge in [-0.2, -0.15) is 0 Å². The number of carboxylic acid groups (broad SMARTS) is 1. The summed E-state index contributed by atoms with van der Waals surface area (Å²) in [6, 6.07) is -0.366. The van der Waals surface area contributed by atoms with Gasteiger partial charge >= 0.3 is 5.97 Å². The maximum absolute atomic E-state index is 10.3. The summed E-state index contributed by atoms with van der Waals surface area (Å²) in [5.41, 5.74) is 6.16. The highest BCUT2D eigenvalue weighted by Gasteiger charge is 2.01. The Morgan fingerprint density at radius 1 is 1.44 bits per heavy atom. The lowest BCUT2D eigenvalue weighted by molar-refractivity contribution is -0.137. The minimum absolute atomic E-state index is 0.0991. The van der Waals surface area contributed by atoms with E-state index in [0.29, 0.717) is 12.8 Å². The fourth-order valence-electron chi connectivity index (χ4n) is 1.18. The lowest BCUT2D eigenvalue weighted by Gasteiger charge is -2.08. The lowest BCUT2D eigenvalue weighted by Crippen LogP contribution is -2.22. The van der Waals surface area contributed by atoms with Crippen molar-refractivity contribution in [1.82, 2.24) is 5.32 Å². The van der Waals surface area contributed by atoms with E-state index in [4.69, 9.17) is 10.8 Å². The molecule has 5 heteroatoms. The average molecular weight is 228 g/mol. The van der Waals surface area contributed by atoms with Crippen LogP contribution in [-0.4, -0.2) is 29.9 Å². The molecule has 0 aromatic heterocycles. The van der Waals surface area contributed by atoms with E-state index >= 15 is 0 Å². The van der Waals surface area contributed by atoms with Gasteiger partial charge in [0.1, 0.15) is 6.29 Å². The summed E-state index contributed by atoms with van der Waals surface area (Å²) >= 11 is 0. The van der Waals surface area contributed by atoms with Crippen LogP contribution in [-0.2, 0) is 9.59 Å². The fourth-order valence-corrected chi connectivity index (χ4v) is 1.18. The monoisotopic (exact) mass is 228 g/mol. The van der Waals surface area contributed by atoms with Crippen molar-refractivity contribution < 1.29 is 14.7 Å². The summed E-state index contributed by atoms with van der Waals surface area (Å²) in [6.07, 6.45) is 3.75. The van der Waals surface area contributed by atoms with Gasteiger partial charge in [-0.05, 0) is 25.7 Å². The Kier molecular flexibility index (Phi) is 8.15. The van der Waals surface area contributed by atoms with Crippen LogP contribution in [0.5, 0.6) is 0 Å². The molecule has 0 spiro atoms. The number of hydrogen-bond donors (Lipinski definition) is 3. The molecular weight excluding hydrogens is 208 g/mol. The fraction of sp³-hybridized carbons (Fsp3) is 0.636. The van der Waals surface area contributed by atoms with Crippen LogP contribution >= 0.6 is 0 Å². The maximum atomic E-state index is 10.3. The number of nitrogens with two attached hydrogens (primary N) is 1. The Hall–Kier alpha value is -1.36. The standard InChI is InChI=1S/C11H20N2O3/c1-9(5-6-11(15)16)13-7-3-2-4-10(12)8-14/h8,10,13H,1-7,12H2,(H,15,16). The molecule has 4 N–H and O–H groups in total. The second-order valence-electron chi connectivity index (χ2n) is 3.72. The molecule has 0 heterocycles. The van der Waals surface area contributed by atoms with Crippen LogP contribution in [0, 0.1) is 0 Å². The van der Waals surface area contributed by atoms with Crippen molar-refractivity contribution in [3.63, 3.8) is 0 Å². The molecule has 0 rings (SSSR count). The Balaban J connectivity index is 3.34. The van der Waals surface area contributed by atoms with Gasteiger partial charge in [-0.3, -0.25) is 4.79 Å². The molecule has 0 radical (unpaired) electrons. The third-order valence-electron chi connectivity index (χ3n) is 2.15. The maximum Gasteiger partial charge on any atom is 0.303 e. The predicted molar refractivity (Wildman–Crippen MR) is 61.9 cm³/mol. The first kappa shape index (κ1) is 14.6. The number of allylic oxidation sites excluding steroid dienone is 1. The third kappa shape index (κ3) is 9.21. The van der Waals surface area contributed by atoms with E-state index in [0.717, 1.165) is 31.4 Å². The van der Waals surface area contributed by atoms with Crippen LogP contribution < -0.4 is 11.1 Å². The molecule has 5 nitrogen and oxygen atoms in total. The van der Waals surface area contributed by atoms with Gasteiger partial charge in [0.15, 0.2) is 0 Å². The molecule has 0 saturated carbocycles. The number of aliphatic carboxylic acids is 1. The van der Waals surface area contributed by atoms with Crippen molar-refractivity contribution >= 4 is 12.3 Å². The molecular formula is C11H20N2O3. The summed E-state index contributed by atoms with van der Waals surface area (Å²) in [7, 11) is 0. The molecule has 0 aromatic rings. The zero-order valence-electron chi connectivity index (χ0n) is 9.45. The van der Waals surface area contributed by atoms with Crippen molar-refractivity contribution in [3.8, 4) is 0 Å². The second kappa shape index (κ2) is 8.91. The first-order valence-corrected chi connectivity index (χ1v) is 5.40. The van der Waals surface area contributed by atoms with E-state index in [2.05, 4.69) is 11.9 Å². The molecule has 92 valence electrons. The number of unbranched alkanes of at least 4 members (excludes halogenated alkanes) is 1. The van der Waals surface area contributed by atoms with Crippen LogP contribution in [0.2, 0.25) is 0 Å². The highest BCUT2D eigenvalue weighted by atomic mass is 16.4. The molecule has 0 bridgehead atoms. The number of carbonyl (C=O) groups is 2. The van der Waals surface area contributed by atoms with Gasteiger partial charge in [-0.25, -0.2) is 0 Å². The molecule has 0 aliphatic rings. The highest BCUT2D eigenvalue weighted by Crippen LogP contribution is 2.00. The van der Waals surface area contributed by atoms with Gasteiger partial charge in [-0.1, -0.05) is 6.58 Å². The van der Waals surface area contributed by atoms with Gasteiger partial charge < -0.3 is 21.0 Å². The summed E-state index contributed by atoms with van der Waals surface area (Å²) in [5.74, 6) is -0.820. The quantitative estimate of drug-likeness (QED) is 0.377. The molecule has 0 fully saturated rings. The van der Waals surface area contributed by atoms with Gasteiger partial charge in [0, 0.05) is 12.2 Å². The zero-order valence-corrected chi connectivity index (χ0v) is 9.45. The zero-order chi connectivity index (χ0) is 12.4. The number of carbonyl (C=O) groups excluding carboxylic acids is 1. The molecule has 1 atom stereocenters. The van der Waals surface area contributed by atoms with E-state index in [1.165, 1.54) is 0 Å². The first-order valence-electron chi connectivity index (χ1n) is 5.40. The number of hydrogen-bond acceptors (Lipinski definition) is 4. The van der Waals surface area contributed by atoms with Crippen LogP contribution in [0.25, 0.3) is 0 Å². The molecule has 0 aromatic carbocycles. The summed E-state index contributed by atoms with van der Waals surface area (Å²) in [5, 5.41) is 11.5. The van der Waals surface area contributed by atoms with Gasteiger partial charge in [-0.15, -0.1) is 0 Å². The van der Waals surface area contributed by atoms with E-state index in [1.54, 1.807) is 0 Å². The minimum Gasteiger partial charge on any atom is -0.481 e. The minimum atomic E-state index is -0.820. The van der Waals surface area contributed by atoms with Crippen LogP contribution in [0.15, 0.2) is 12.3 Å². The topological polar surface area (TPSA) is 92.4 Å². The Morgan fingerprint density at radius 2 is 2.12 bits per heavy atom. The van der Waals surface area contributed by atoms with Gasteiger partial charge in [0.05, 0.1) is 12.5 Å². The lowest BCUT2D eigenvalue weighted by atomic mass is 10.1. The Bertz CT molecular complexity index is 241. The highest BCUT2D eigenvalue weighted by molar-refractivity contribution is 5.66. The second-order valence-corrected chi connectivity index (χ2v) is 3.72. The van der Waals surface area contributed by atoms with Gasteiger partial charge in [0.2, 0.25) is 0 Å². The van der Waals surface area contributed by atoms with E-state index < -0.39 is 5.97 Å². The third-order valence-corrected chi connectivity index (χ3v) is 2.15. The summed E-state index contributed by atoms with van der Waals surface area (Å²) in [6.45, 7) is 4.46. The molecule has 0 aliphatic carbocycles. The van der Waals surface area contributed by atoms with Crippen LogP contribution in [0.3, 0.4) is 0 Å². The predicted octanol–water partition coefficient (Wildman–Crippen LogP) is 0.651. The molecule has 0 amide bonds. The molecule has 0 saturated heterocycles. The SMILES string of the molecule is C=C(CCC(=O)O)NCCCCC(N)C=O. The van der Waals surface area contributed by atoms with Crippen molar-refractivity contribution in [2.24, 2.45) is 5.73 Å². The van der Waals surface area contributed by atoms with Crippen molar-refractivity contribution in [1.29, 1.82) is 0 Å². The van der Waals surface area contributed by atoms with Crippen molar-refractivity contribution in [2.75, 3.05) is 6.54 Å². The van der Waals surface area contributed by atoms with Crippen molar-refractivity contribution in [3.05, 3.63) is 12.3 Å². The average Bonchev–Trinajstić information content (AvgIpc) is 2.25.